The first kappa shape index (κ1) is 21.3. The van der Waals surface area contributed by atoms with Gasteiger partial charge in [0.2, 0.25) is 5.91 Å². The van der Waals surface area contributed by atoms with E-state index in [1.54, 1.807) is 16.8 Å². The summed E-state index contributed by atoms with van der Waals surface area (Å²) >= 11 is 0. The molecule has 4 aromatic rings. The molecular formula is C25H23F3N4O. The van der Waals surface area contributed by atoms with Crippen LogP contribution in [0.2, 0.25) is 0 Å². The van der Waals surface area contributed by atoms with Gasteiger partial charge in [0.25, 0.3) is 0 Å². The third-order valence-corrected chi connectivity index (χ3v) is 6.33. The van der Waals surface area contributed by atoms with E-state index in [1.165, 1.54) is 18.2 Å². The van der Waals surface area contributed by atoms with Crippen LogP contribution in [-0.4, -0.2) is 27.2 Å². The molecule has 5 nitrogen and oxygen atoms in total. The summed E-state index contributed by atoms with van der Waals surface area (Å²) in [7, 11) is 0. The molecule has 1 aliphatic rings. The van der Waals surface area contributed by atoms with Gasteiger partial charge in [0.1, 0.15) is 17.5 Å². The van der Waals surface area contributed by atoms with E-state index >= 15 is 0 Å². The lowest BCUT2D eigenvalue weighted by molar-refractivity contribution is -0.128. The second kappa shape index (κ2) is 8.42. The topological polar surface area (TPSA) is 62.7 Å². The van der Waals surface area contributed by atoms with E-state index in [0.717, 1.165) is 17.3 Å². The fraction of sp³-hybridized carbons (Fsp3) is 0.280. The fourth-order valence-corrected chi connectivity index (χ4v) is 4.60. The van der Waals surface area contributed by atoms with Crippen LogP contribution in [0.4, 0.5) is 13.2 Å². The van der Waals surface area contributed by atoms with Crippen molar-refractivity contribution in [3.8, 4) is 11.3 Å². The predicted octanol–water partition coefficient (Wildman–Crippen LogP) is 5.07. The first-order valence-electron chi connectivity index (χ1n) is 10.9. The molecule has 1 aliphatic carbocycles. The van der Waals surface area contributed by atoms with Gasteiger partial charge >= 0.3 is 0 Å². The number of rotatable bonds is 6. The van der Waals surface area contributed by atoms with Gasteiger partial charge in [0.15, 0.2) is 0 Å². The number of hydrogen-bond acceptors (Lipinski definition) is 2. The number of hydrogen-bond donors (Lipinski definition) is 2. The van der Waals surface area contributed by atoms with Crippen molar-refractivity contribution in [3.63, 3.8) is 0 Å². The van der Waals surface area contributed by atoms with E-state index in [4.69, 9.17) is 0 Å². The van der Waals surface area contributed by atoms with Gasteiger partial charge in [-0.25, -0.2) is 13.2 Å². The number of amides is 1. The number of nitrogens with one attached hydrogen (secondary N) is 2. The third-order valence-electron chi connectivity index (χ3n) is 6.33. The van der Waals surface area contributed by atoms with Crippen molar-refractivity contribution in [1.29, 1.82) is 0 Å². The minimum atomic E-state index is -0.679. The van der Waals surface area contributed by atoms with E-state index < -0.39 is 11.6 Å². The Labute approximate surface area is 188 Å². The van der Waals surface area contributed by atoms with Crippen LogP contribution in [0.25, 0.3) is 22.2 Å². The lowest BCUT2D eigenvalue weighted by Gasteiger charge is -2.35. The molecule has 1 saturated carbocycles. The average molecular weight is 452 g/mol. The lowest BCUT2D eigenvalue weighted by Crippen LogP contribution is -2.39. The number of aromatic amines is 1. The fourth-order valence-electron chi connectivity index (χ4n) is 4.60. The number of carbonyl (C=O) groups is 1. The minimum Gasteiger partial charge on any atom is -0.354 e. The van der Waals surface area contributed by atoms with Gasteiger partial charge in [0, 0.05) is 30.1 Å². The van der Waals surface area contributed by atoms with Crippen molar-refractivity contribution >= 4 is 16.8 Å². The number of benzene rings is 2. The number of aryl methyl sites for hydroxylation is 1. The van der Waals surface area contributed by atoms with Gasteiger partial charge in [-0.05, 0) is 73.2 Å². The molecule has 0 spiro atoms. The zero-order valence-electron chi connectivity index (χ0n) is 18.0. The van der Waals surface area contributed by atoms with Gasteiger partial charge in [-0.2, -0.15) is 5.10 Å². The highest BCUT2D eigenvalue weighted by molar-refractivity contribution is 5.92. The summed E-state index contributed by atoms with van der Waals surface area (Å²) in [5, 5.41) is 7.71. The smallest absolute Gasteiger partial charge is 0.223 e. The van der Waals surface area contributed by atoms with Crippen molar-refractivity contribution in [1.82, 2.24) is 20.1 Å². The van der Waals surface area contributed by atoms with E-state index in [-0.39, 0.29) is 29.1 Å². The zero-order chi connectivity index (χ0) is 23.1. The summed E-state index contributed by atoms with van der Waals surface area (Å²) in [5.41, 5.74) is 3.23. The molecule has 2 heterocycles. The van der Waals surface area contributed by atoms with Gasteiger partial charge in [-0.3, -0.25) is 9.48 Å². The average Bonchev–Trinajstić information content (AvgIpc) is 3.32. The molecule has 1 amide bonds. The molecular weight excluding hydrogens is 429 g/mol. The summed E-state index contributed by atoms with van der Waals surface area (Å²) in [5.74, 6) is -1.95. The van der Waals surface area contributed by atoms with E-state index in [9.17, 15) is 18.0 Å². The molecule has 0 unspecified atom stereocenters. The molecule has 2 N–H and O–H groups in total. The van der Waals surface area contributed by atoms with Crippen LogP contribution >= 0.6 is 0 Å². The Kier molecular flexibility index (Phi) is 5.44. The summed E-state index contributed by atoms with van der Waals surface area (Å²) in [6.45, 7) is 2.98. The third kappa shape index (κ3) is 4.13. The van der Waals surface area contributed by atoms with Crippen molar-refractivity contribution in [2.45, 2.75) is 32.2 Å². The molecule has 0 atom stereocenters. The second-order valence-electron chi connectivity index (χ2n) is 8.61. The molecule has 0 saturated heterocycles. The van der Waals surface area contributed by atoms with E-state index in [2.05, 4.69) is 15.4 Å². The molecule has 33 heavy (non-hydrogen) atoms. The van der Waals surface area contributed by atoms with Crippen molar-refractivity contribution in [3.05, 3.63) is 77.4 Å². The Morgan fingerprint density at radius 3 is 2.58 bits per heavy atom. The maximum absolute atomic E-state index is 14.5. The second-order valence-corrected chi connectivity index (χ2v) is 8.61. The van der Waals surface area contributed by atoms with Crippen LogP contribution in [0.1, 0.15) is 30.0 Å². The Hall–Kier alpha value is -3.55. The van der Waals surface area contributed by atoms with Crippen molar-refractivity contribution < 1.29 is 18.0 Å². The van der Waals surface area contributed by atoms with Gasteiger partial charge in [-0.15, -0.1) is 0 Å². The van der Waals surface area contributed by atoms with Crippen LogP contribution in [0, 0.1) is 30.3 Å². The normalized spacial score (nSPS) is 17.8. The summed E-state index contributed by atoms with van der Waals surface area (Å²) in [6.07, 6.45) is 3.02. The Morgan fingerprint density at radius 1 is 1.12 bits per heavy atom. The highest BCUT2D eigenvalue weighted by atomic mass is 19.1. The first-order valence-corrected chi connectivity index (χ1v) is 10.9. The maximum Gasteiger partial charge on any atom is 0.223 e. The van der Waals surface area contributed by atoms with Crippen LogP contribution in [0.15, 0.2) is 48.7 Å². The van der Waals surface area contributed by atoms with Crippen LogP contribution in [0.3, 0.4) is 0 Å². The molecule has 0 radical (unpaired) electrons. The summed E-state index contributed by atoms with van der Waals surface area (Å²) in [4.78, 5) is 15.7. The number of fused-ring (bicyclic) bond motifs is 1. The predicted molar refractivity (Wildman–Crippen MR) is 119 cm³/mol. The van der Waals surface area contributed by atoms with Gasteiger partial charge in [0.05, 0.1) is 23.4 Å². The van der Waals surface area contributed by atoms with Crippen molar-refractivity contribution in [2.24, 2.45) is 5.92 Å². The van der Waals surface area contributed by atoms with Gasteiger partial charge < -0.3 is 10.3 Å². The SMILES string of the molecule is Cc1ccn(CCNC(=O)[C@H]2C[C@@H](c3c(-c4ccc(F)cc4)[nH]c4c(F)cc(F)cc43)C2)n1. The van der Waals surface area contributed by atoms with Crippen LogP contribution in [0.5, 0.6) is 0 Å². The largest absolute Gasteiger partial charge is 0.354 e. The summed E-state index contributed by atoms with van der Waals surface area (Å²) in [6, 6.07) is 9.95. The number of nitrogens with zero attached hydrogens (tertiary/aromatic N) is 2. The lowest BCUT2D eigenvalue weighted by atomic mass is 9.70. The van der Waals surface area contributed by atoms with Crippen LogP contribution in [-0.2, 0) is 11.3 Å². The molecule has 0 aliphatic heterocycles. The van der Waals surface area contributed by atoms with E-state index in [0.29, 0.717) is 42.6 Å². The number of carbonyl (C=O) groups excluding carboxylic acids is 1. The Morgan fingerprint density at radius 2 is 1.88 bits per heavy atom. The van der Waals surface area contributed by atoms with Crippen LogP contribution < -0.4 is 5.32 Å². The quantitative estimate of drug-likeness (QED) is 0.429. The first-order chi connectivity index (χ1) is 15.9. The molecule has 1 fully saturated rings. The highest BCUT2D eigenvalue weighted by Crippen LogP contribution is 2.48. The van der Waals surface area contributed by atoms with E-state index in [1.807, 2.05) is 19.2 Å². The number of aromatic nitrogens is 3. The van der Waals surface area contributed by atoms with Gasteiger partial charge in [-0.1, -0.05) is 0 Å². The molecule has 5 rings (SSSR count). The Bertz CT molecular complexity index is 1320. The number of halogens is 3. The minimum absolute atomic E-state index is 0.0318. The molecule has 2 aromatic heterocycles. The summed E-state index contributed by atoms with van der Waals surface area (Å²) < 4.78 is 43.8. The zero-order valence-corrected chi connectivity index (χ0v) is 18.0. The molecule has 2 aromatic carbocycles. The molecule has 170 valence electrons. The van der Waals surface area contributed by atoms with Crippen molar-refractivity contribution in [2.75, 3.05) is 6.54 Å². The Balaban J connectivity index is 1.35. The standard InChI is InChI=1S/C25H23F3N4O/c1-14-6-8-32(31-14)9-7-29-25(33)17-10-16(11-17)22-20-12-19(27)13-21(28)24(20)30-23(22)15-2-4-18(26)5-3-15/h2-6,8,12-13,16-17,30H,7,9-11H2,1H3,(H,29,33)/t16-,17+. The molecule has 0 bridgehead atoms. The monoisotopic (exact) mass is 452 g/mol. The maximum atomic E-state index is 14.5. The highest BCUT2D eigenvalue weighted by Gasteiger charge is 2.38. The number of H-pyrrole nitrogens is 1. The molecule has 8 heteroatoms.